The molecule has 6 rings (SSSR count). The van der Waals surface area contributed by atoms with E-state index in [0.29, 0.717) is 35.9 Å². The van der Waals surface area contributed by atoms with Crippen molar-refractivity contribution in [2.75, 3.05) is 7.11 Å². The van der Waals surface area contributed by atoms with Crippen molar-refractivity contribution in [1.29, 1.82) is 0 Å². The fourth-order valence-electron chi connectivity index (χ4n) is 5.53. The van der Waals surface area contributed by atoms with E-state index in [4.69, 9.17) is 9.47 Å². The third-order valence-electron chi connectivity index (χ3n) is 7.24. The van der Waals surface area contributed by atoms with Gasteiger partial charge in [0.25, 0.3) is 0 Å². The van der Waals surface area contributed by atoms with Crippen molar-refractivity contribution in [3.05, 3.63) is 131 Å². The van der Waals surface area contributed by atoms with Crippen LogP contribution in [0, 0.1) is 0 Å². The number of hydrogen-bond donors (Lipinski definition) is 0. The van der Waals surface area contributed by atoms with Gasteiger partial charge < -0.3 is 14.0 Å². The zero-order valence-electron chi connectivity index (χ0n) is 21.1. The number of carbonyl (C=O) groups excluding carboxylic acids is 2. The van der Waals surface area contributed by atoms with Crippen molar-refractivity contribution in [3.8, 4) is 11.5 Å². The Kier molecular flexibility index (Phi) is 6.26. The number of methoxy groups -OCH3 is 1. The Labute approximate surface area is 221 Å². The fraction of sp³-hybridized carbons (Fsp3) is 0.152. The van der Waals surface area contributed by atoms with Gasteiger partial charge in [0.1, 0.15) is 11.5 Å². The van der Waals surface area contributed by atoms with Gasteiger partial charge in [-0.05, 0) is 59.9 Å². The number of hydrogen-bond acceptors (Lipinski definition) is 4. The summed E-state index contributed by atoms with van der Waals surface area (Å²) in [6.45, 7) is 0.539. The molecular formula is C33H27NO4. The van der Waals surface area contributed by atoms with Gasteiger partial charge in [0.15, 0.2) is 5.78 Å². The highest BCUT2D eigenvalue weighted by Crippen LogP contribution is 2.40. The van der Waals surface area contributed by atoms with E-state index in [1.54, 1.807) is 6.07 Å². The second-order valence-corrected chi connectivity index (χ2v) is 9.60. The molecular weight excluding hydrogens is 474 g/mol. The molecule has 5 nitrogen and oxygen atoms in total. The van der Waals surface area contributed by atoms with Gasteiger partial charge in [-0.3, -0.25) is 4.79 Å². The van der Waals surface area contributed by atoms with Crippen molar-refractivity contribution in [2.45, 2.75) is 25.3 Å². The number of benzene rings is 4. The summed E-state index contributed by atoms with van der Waals surface area (Å²) in [6, 6.07) is 33.4. The van der Waals surface area contributed by atoms with E-state index in [1.165, 1.54) is 7.11 Å². The van der Waals surface area contributed by atoms with Crippen LogP contribution in [-0.4, -0.2) is 23.4 Å². The Morgan fingerprint density at radius 3 is 2.32 bits per heavy atom. The number of nitrogens with zero attached hydrogens (tertiary/aromatic N) is 1. The Morgan fingerprint density at radius 1 is 0.842 bits per heavy atom. The van der Waals surface area contributed by atoms with Crippen molar-refractivity contribution in [2.24, 2.45) is 0 Å². The molecule has 5 heteroatoms. The average Bonchev–Trinajstić information content (AvgIpc) is 3.27. The van der Waals surface area contributed by atoms with Gasteiger partial charge >= 0.3 is 5.97 Å². The number of Topliss-reactive ketones (excluding diaryl/α,β-unsaturated/α-hetero) is 1. The molecule has 0 saturated carbocycles. The first-order valence-electron chi connectivity index (χ1n) is 12.7. The zero-order chi connectivity index (χ0) is 26.1. The lowest BCUT2D eigenvalue weighted by Gasteiger charge is -2.24. The molecule has 1 aromatic heterocycles. The van der Waals surface area contributed by atoms with Crippen LogP contribution >= 0.6 is 0 Å². The van der Waals surface area contributed by atoms with E-state index in [-0.39, 0.29) is 11.7 Å². The lowest BCUT2D eigenvalue weighted by atomic mass is 9.81. The first kappa shape index (κ1) is 23.7. The third kappa shape index (κ3) is 4.37. The van der Waals surface area contributed by atoms with Crippen LogP contribution in [0.15, 0.2) is 103 Å². The summed E-state index contributed by atoms with van der Waals surface area (Å²) in [5, 5.41) is 0.683. The predicted molar refractivity (Wildman–Crippen MR) is 147 cm³/mol. The quantitative estimate of drug-likeness (QED) is 0.231. The SMILES string of the molecule is COC(=O)c1cccc2c1c1c(n2Cc2cccc(Oc3ccccc3)c2)CC(c2ccccc2)CC1=O. The summed E-state index contributed by atoms with van der Waals surface area (Å²) in [4.78, 5) is 26.4. The second kappa shape index (κ2) is 10.0. The molecule has 188 valence electrons. The van der Waals surface area contributed by atoms with Crippen molar-refractivity contribution < 1.29 is 19.1 Å². The molecule has 1 aliphatic rings. The number of para-hydroxylation sites is 1. The van der Waals surface area contributed by atoms with Gasteiger partial charge in [0.2, 0.25) is 0 Å². The minimum atomic E-state index is -0.438. The van der Waals surface area contributed by atoms with Gasteiger partial charge in [0.05, 0.1) is 18.2 Å². The highest BCUT2D eigenvalue weighted by Gasteiger charge is 2.33. The smallest absolute Gasteiger partial charge is 0.338 e. The van der Waals surface area contributed by atoms with Crippen LogP contribution < -0.4 is 4.74 Å². The van der Waals surface area contributed by atoms with Crippen molar-refractivity contribution in [3.63, 3.8) is 0 Å². The molecule has 0 fully saturated rings. The molecule has 5 aromatic rings. The summed E-state index contributed by atoms with van der Waals surface area (Å²) < 4.78 is 13.3. The summed E-state index contributed by atoms with van der Waals surface area (Å²) in [7, 11) is 1.37. The molecule has 0 N–H and O–H groups in total. The van der Waals surface area contributed by atoms with Crippen molar-refractivity contribution >= 4 is 22.7 Å². The van der Waals surface area contributed by atoms with Crippen LogP contribution in [0.1, 0.15) is 49.9 Å². The second-order valence-electron chi connectivity index (χ2n) is 9.60. The Hall–Kier alpha value is -4.64. The van der Waals surface area contributed by atoms with Crippen LogP contribution in [0.2, 0.25) is 0 Å². The lowest BCUT2D eigenvalue weighted by Crippen LogP contribution is -2.21. The number of ketones is 1. The normalized spacial score (nSPS) is 14.8. The van der Waals surface area contributed by atoms with Gasteiger partial charge in [-0.1, -0.05) is 66.7 Å². The third-order valence-corrected chi connectivity index (χ3v) is 7.24. The van der Waals surface area contributed by atoms with E-state index in [0.717, 1.165) is 33.8 Å². The summed E-state index contributed by atoms with van der Waals surface area (Å²) in [5.41, 5.74) is 5.06. The van der Waals surface area contributed by atoms with Gasteiger partial charge in [-0.15, -0.1) is 0 Å². The minimum Gasteiger partial charge on any atom is -0.465 e. The average molecular weight is 502 g/mol. The topological polar surface area (TPSA) is 57.5 Å². The maximum atomic E-state index is 13.7. The number of fused-ring (bicyclic) bond motifs is 3. The molecule has 38 heavy (non-hydrogen) atoms. The van der Waals surface area contributed by atoms with Crippen LogP contribution in [0.5, 0.6) is 11.5 Å². The van der Waals surface area contributed by atoms with Gasteiger partial charge in [-0.25, -0.2) is 4.79 Å². The molecule has 0 spiro atoms. The molecule has 0 amide bonds. The summed E-state index contributed by atoms with van der Waals surface area (Å²) >= 11 is 0. The number of aromatic nitrogens is 1. The van der Waals surface area contributed by atoms with E-state index in [9.17, 15) is 9.59 Å². The molecule has 0 bridgehead atoms. The monoisotopic (exact) mass is 501 g/mol. The Morgan fingerprint density at radius 2 is 1.55 bits per heavy atom. The van der Waals surface area contributed by atoms with E-state index in [1.807, 2.05) is 78.9 Å². The number of carbonyl (C=O) groups is 2. The van der Waals surface area contributed by atoms with E-state index in [2.05, 4.69) is 22.8 Å². The minimum absolute atomic E-state index is 0.0568. The summed E-state index contributed by atoms with van der Waals surface area (Å²) in [5.74, 6) is 1.21. The molecule has 1 unspecified atom stereocenters. The molecule has 0 aliphatic heterocycles. The molecule has 1 aliphatic carbocycles. The van der Waals surface area contributed by atoms with E-state index >= 15 is 0 Å². The summed E-state index contributed by atoms with van der Waals surface area (Å²) in [6.07, 6.45) is 1.12. The first-order chi connectivity index (χ1) is 18.6. The molecule has 1 heterocycles. The van der Waals surface area contributed by atoms with Crippen LogP contribution in [0.4, 0.5) is 0 Å². The zero-order valence-corrected chi connectivity index (χ0v) is 21.1. The van der Waals surface area contributed by atoms with Crippen molar-refractivity contribution in [1.82, 2.24) is 4.57 Å². The van der Waals surface area contributed by atoms with Gasteiger partial charge in [0, 0.05) is 29.6 Å². The predicted octanol–water partition coefficient (Wildman–Crippen LogP) is 7.18. The molecule has 1 atom stereocenters. The fourth-order valence-corrected chi connectivity index (χ4v) is 5.53. The van der Waals surface area contributed by atoms with Crippen LogP contribution in [0.3, 0.4) is 0 Å². The highest BCUT2D eigenvalue weighted by molar-refractivity contribution is 6.16. The van der Waals surface area contributed by atoms with Gasteiger partial charge in [-0.2, -0.15) is 0 Å². The van der Waals surface area contributed by atoms with Crippen LogP contribution in [0.25, 0.3) is 10.9 Å². The maximum Gasteiger partial charge on any atom is 0.338 e. The standard InChI is InChI=1S/C33H27NO4/c1-37-33(36)27-16-9-17-28-31(27)32-29(19-24(20-30(32)35)23-11-4-2-5-12-23)34(28)21-22-10-8-15-26(18-22)38-25-13-6-3-7-14-25/h2-18,24H,19-21H2,1H3. The Bertz CT molecular complexity index is 1640. The number of esters is 1. The van der Waals surface area contributed by atoms with E-state index < -0.39 is 5.97 Å². The first-order valence-corrected chi connectivity index (χ1v) is 12.7. The maximum absolute atomic E-state index is 13.7. The molecule has 0 radical (unpaired) electrons. The molecule has 4 aromatic carbocycles. The highest BCUT2D eigenvalue weighted by atomic mass is 16.5. The number of ether oxygens (including phenoxy) is 2. The Balaban J connectivity index is 1.46. The molecule has 0 saturated heterocycles. The lowest BCUT2D eigenvalue weighted by molar-refractivity contribution is 0.0603. The number of rotatable bonds is 6. The largest absolute Gasteiger partial charge is 0.465 e. The van der Waals surface area contributed by atoms with Crippen LogP contribution in [-0.2, 0) is 17.7 Å².